The lowest BCUT2D eigenvalue weighted by atomic mass is 10.1. The van der Waals surface area contributed by atoms with Gasteiger partial charge in [-0.25, -0.2) is 4.57 Å². The van der Waals surface area contributed by atoms with Gasteiger partial charge in [0.25, 0.3) is 0 Å². The lowest BCUT2D eigenvalue weighted by Crippen LogP contribution is -1.94. The Morgan fingerprint density at radius 3 is 1.43 bits per heavy atom. The molecular formula is C26H56O7P2. The van der Waals surface area contributed by atoms with Gasteiger partial charge in [0, 0.05) is 0 Å². The molecule has 0 aromatic carbocycles. The first kappa shape index (κ1) is 37.3. The highest BCUT2D eigenvalue weighted by Crippen LogP contribution is 2.35. The molecule has 0 aromatic heterocycles. The molecule has 9 heteroatoms. The third kappa shape index (κ3) is 38.8. The topological polar surface area (TPSA) is 105 Å². The second kappa shape index (κ2) is 30.4. The average Bonchev–Trinajstić information content (AvgIpc) is 2.81. The molecule has 0 aliphatic heterocycles. The SMILES string of the molecule is CCCCCCCC/C=C\CCCCCCCCOP(=O)(O)O.CCCCOP(O)OCCCC. The highest BCUT2D eigenvalue weighted by atomic mass is 31.2. The predicted octanol–water partition coefficient (Wildman–Crippen LogP) is 8.97. The number of phosphoric acid groups is 1. The molecule has 0 rings (SSSR count). The van der Waals surface area contributed by atoms with Crippen molar-refractivity contribution in [3.63, 3.8) is 0 Å². The number of allylic oxidation sites excluding steroid dienone is 2. The van der Waals surface area contributed by atoms with Crippen LogP contribution < -0.4 is 0 Å². The Kier molecular flexibility index (Phi) is 32.4. The van der Waals surface area contributed by atoms with Crippen LogP contribution in [0.15, 0.2) is 12.2 Å². The van der Waals surface area contributed by atoms with Crippen molar-refractivity contribution in [3.05, 3.63) is 12.2 Å². The van der Waals surface area contributed by atoms with Gasteiger partial charge < -0.3 is 23.7 Å². The monoisotopic (exact) mass is 542 g/mol. The van der Waals surface area contributed by atoms with Gasteiger partial charge in [0.15, 0.2) is 0 Å². The van der Waals surface area contributed by atoms with E-state index < -0.39 is 16.4 Å². The van der Waals surface area contributed by atoms with Gasteiger partial charge in [-0.3, -0.25) is 4.52 Å². The van der Waals surface area contributed by atoms with E-state index in [1.807, 2.05) is 0 Å². The maximum Gasteiger partial charge on any atom is 0.469 e. The van der Waals surface area contributed by atoms with Crippen LogP contribution in [0.2, 0.25) is 0 Å². The summed E-state index contributed by atoms with van der Waals surface area (Å²) in [6, 6.07) is 0. The maximum atomic E-state index is 10.5. The summed E-state index contributed by atoms with van der Waals surface area (Å²) in [5, 5.41) is 0. The van der Waals surface area contributed by atoms with Gasteiger partial charge in [-0.1, -0.05) is 104 Å². The normalized spacial score (nSPS) is 11.9. The van der Waals surface area contributed by atoms with Crippen LogP contribution in [0.4, 0.5) is 0 Å². The van der Waals surface area contributed by atoms with E-state index in [9.17, 15) is 4.57 Å². The van der Waals surface area contributed by atoms with Crippen molar-refractivity contribution < 1.29 is 32.8 Å². The highest BCUT2D eigenvalue weighted by molar-refractivity contribution is 7.46. The number of hydrogen-bond donors (Lipinski definition) is 3. The molecular weight excluding hydrogens is 486 g/mol. The van der Waals surface area contributed by atoms with Crippen molar-refractivity contribution in [2.45, 2.75) is 136 Å². The minimum absolute atomic E-state index is 0.158. The molecule has 0 bridgehead atoms. The number of phosphoric ester groups is 1. The Morgan fingerprint density at radius 1 is 0.600 bits per heavy atom. The molecule has 0 atom stereocenters. The van der Waals surface area contributed by atoms with E-state index in [-0.39, 0.29) is 6.61 Å². The van der Waals surface area contributed by atoms with Gasteiger partial charge in [-0.05, 0) is 44.9 Å². The van der Waals surface area contributed by atoms with E-state index in [0.29, 0.717) is 13.2 Å². The van der Waals surface area contributed by atoms with Crippen LogP contribution in [0.25, 0.3) is 0 Å². The molecule has 3 N–H and O–H groups in total. The van der Waals surface area contributed by atoms with E-state index >= 15 is 0 Å². The van der Waals surface area contributed by atoms with Crippen LogP contribution >= 0.6 is 16.4 Å². The van der Waals surface area contributed by atoms with Crippen LogP contribution in [-0.4, -0.2) is 34.5 Å². The summed E-state index contributed by atoms with van der Waals surface area (Å²) in [5.41, 5.74) is 0. The molecule has 0 aromatic rings. The standard InChI is InChI=1S/C18H37O4P.C8H19O3P/c1-2-3-4-5-6-7-8-9-10-11-12-13-14-15-16-17-18-22-23(19,20)21;1-3-5-7-10-12(9)11-8-6-4-2/h9-10H,2-8,11-18H2,1H3,(H2,19,20,21);9H,3-8H2,1-2H3/b10-9-;. The minimum Gasteiger partial charge on any atom is -0.328 e. The van der Waals surface area contributed by atoms with E-state index in [0.717, 1.165) is 44.9 Å². The van der Waals surface area contributed by atoms with Gasteiger partial charge in [-0.15, -0.1) is 0 Å². The quantitative estimate of drug-likeness (QED) is 0.0600. The Bertz CT molecular complexity index is 463. The smallest absolute Gasteiger partial charge is 0.328 e. The number of rotatable bonds is 25. The average molecular weight is 543 g/mol. The Labute approximate surface area is 217 Å². The summed E-state index contributed by atoms with van der Waals surface area (Å²) in [7, 11) is -5.87. The van der Waals surface area contributed by atoms with E-state index in [1.165, 1.54) is 70.6 Å². The van der Waals surface area contributed by atoms with Gasteiger partial charge in [0.1, 0.15) is 0 Å². The fraction of sp³-hybridized carbons (Fsp3) is 0.923. The summed E-state index contributed by atoms with van der Waals surface area (Å²) in [6.07, 6.45) is 25.9. The van der Waals surface area contributed by atoms with Crippen LogP contribution in [0.3, 0.4) is 0 Å². The molecule has 7 nitrogen and oxygen atoms in total. The fourth-order valence-electron chi connectivity index (χ4n) is 3.14. The lowest BCUT2D eigenvalue weighted by molar-refractivity contribution is 0.193. The van der Waals surface area contributed by atoms with Crippen molar-refractivity contribution in [1.82, 2.24) is 0 Å². The molecule has 0 saturated heterocycles. The maximum absolute atomic E-state index is 10.5. The molecule has 0 heterocycles. The zero-order valence-corrected chi connectivity index (χ0v) is 24.7. The van der Waals surface area contributed by atoms with E-state index in [2.05, 4.69) is 37.4 Å². The first-order chi connectivity index (χ1) is 16.9. The van der Waals surface area contributed by atoms with Crippen LogP contribution in [-0.2, 0) is 18.1 Å². The summed E-state index contributed by atoms with van der Waals surface area (Å²) in [6.45, 7) is 7.78. The number of unbranched alkanes of at least 4 members (excludes halogenated alkanes) is 14. The lowest BCUT2D eigenvalue weighted by Gasteiger charge is -2.09. The first-order valence-electron chi connectivity index (χ1n) is 14.0. The molecule has 0 unspecified atom stereocenters. The zero-order valence-electron chi connectivity index (χ0n) is 22.9. The van der Waals surface area contributed by atoms with Crippen molar-refractivity contribution in [3.8, 4) is 0 Å². The molecule has 0 saturated carbocycles. The van der Waals surface area contributed by atoms with Crippen molar-refractivity contribution in [2.75, 3.05) is 19.8 Å². The van der Waals surface area contributed by atoms with Crippen molar-refractivity contribution in [1.29, 1.82) is 0 Å². The Morgan fingerprint density at radius 2 is 1.00 bits per heavy atom. The van der Waals surface area contributed by atoms with E-state index in [4.69, 9.17) is 23.7 Å². The summed E-state index contributed by atoms with van der Waals surface area (Å²) >= 11 is 0. The molecule has 212 valence electrons. The van der Waals surface area contributed by atoms with Crippen LogP contribution in [0, 0.1) is 0 Å². The van der Waals surface area contributed by atoms with Crippen molar-refractivity contribution >= 4 is 16.4 Å². The van der Waals surface area contributed by atoms with Gasteiger partial charge >= 0.3 is 16.4 Å². The molecule has 0 aliphatic carbocycles. The minimum atomic E-state index is -4.26. The van der Waals surface area contributed by atoms with Gasteiger partial charge in [0.2, 0.25) is 0 Å². The first-order valence-corrected chi connectivity index (χ1v) is 16.6. The second-order valence-corrected chi connectivity index (χ2v) is 11.1. The largest absolute Gasteiger partial charge is 0.469 e. The molecule has 0 aliphatic rings. The van der Waals surface area contributed by atoms with Gasteiger partial charge in [-0.2, -0.15) is 0 Å². The summed E-state index contributed by atoms with van der Waals surface area (Å²) in [5.74, 6) is 0. The molecule has 0 spiro atoms. The van der Waals surface area contributed by atoms with Crippen LogP contribution in [0.1, 0.15) is 136 Å². The summed E-state index contributed by atoms with van der Waals surface area (Å²) in [4.78, 5) is 26.2. The molecule has 0 radical (unpaired) electrons. The van der Waals surface area contributed by atoms with Crippen molar-refractivity contribution in [2.24, 2.45) is 0 Å². The molecule has 35 heavy (non-hydrogen) atoms. The fourth-order valence-corrected chi connectivity index (χ4v) is 4.16. The molecule has 0 amide bonds. The third-order valence-electron chi connectivity index (χ3n) is 5.31. The van der Waals surface area contributed by atoms with E-state index in [1.54, 1.807) is 0 Å². The Balaban J connectivity index is 0. The zero-order chi connectivity index (χ0) is 26.5. The number of hydrogen-bond acceptors (Lipinski definition) is 5. The van der Waals surface area contributed by atoms with Gasteiger partial charge in [0.05, 0.1) is 19.8 Å². The highest BCUT2D eigenvalue weighted by Gasteiger charge is 2.12. The predicted molar refractivity (Wildman–Crippen MR) is 148 cm³/mol. The second-order valence-electron chi connectivity index (χ2n) is 8.87. The third-order valence-corrected chi connectivity index (χ3v) is 6.64. The molecule has 0 fully saturated rings. The van der Waals surface area contributed by atoms with Crippen LogP contribution in [0.5, 0.6) is 0 Å². The summed E-state index contributed by atoms with van der Waals surface area (Å²) < 4.78 is 24.9. The Hall–Kier alpha value is 0.160.